The monoisotopic (exact) mass is 592 g/mol. The second-order valence-corrected chi connectivity index (χ2v) is 13.7. The quantitative estimate of drug-likeness (QED) is 0.199. The Balaban J connectivity index is 1.22. The van der Waals surface area contributed by atoms with Crippen LogP contribution in [0, 0.1) is 0 Å². The molecule has 1 heterocycles. The predicted molar refractivity (Wildman–Crippen MR) is 192 cm³/mol. The van der Waals surface area contributed by atoms with Crippen LogP contribution in [0.1, 0.15) is 59.1 Å². The minimum Gasteiger partial charge on any atom is -0.455 e. The number of aryl methyl sites for hydroxylation is 2. The Hall–Kier alpha value is -4.88. The molecule has 0 saturated carbocycles. The van der Waals surface area contributed by atoms with E-state index in [0.29, 0.717) is 0 Å². The van der Waals surface area contributed by atoms with Crippen molar-refractivity contribution in [2.24, 2.45) is 0 Å². The van der Waals surface area contributed by atoms with Crippen LogP contribution >= 0.6 is 0 Å². The molecule has 0 aliphatic heterocycles. The van der Waals surface area contributed by atoms with Gasteiger partial charge in [0, 0.05) is 16.3 Å². The van der Waals surface area contributed by atoms with Crippen molar-refractivity contribution >= 4 is 21.9 Å². The maximum atomic E-state index is 6.83. The van der Waals surface area contributed by atoms with E-state index in [1.165, 1.54) is 134 Å². The molecule has 1 heteroatoms. The van der Waals surface area contributed by atoms with Gasteiger partial charge in [0.2, 0.25) is 0 Å². The van der Waals surface area contributed by atoms with Crippen molar-refractivity contribution in [3.63, 3.8) is 0 Å². The molecule has 0 atom stereocenters. The van der Waals surface area contributed by atoms with Gasteiger partial charge in [-0.05, 0) is 160 Å². The van der Waals surface area contributed by atoms with Crippen molar-refractivity contribution in [3.8, 4) is 44.5 Å². The molecule has 222 valence electrons. The zero-order valence-electron chi connectivity index (χ0n) is 26.2. The molecule has 0 amide bonds. The van der Waals surface area contributed by atoms with Gasteiger partial charge in [0.25, 0.3) is 0 Å². The Kier molecular flexibility index (Phi) is 5.91. The summed E-state index contributed by atoms with van der Waals surface area (Å²) >= 11 is 0. The summed E-state index contributed by atoms with van der Waals surface area (Å²) in [5.41, 5.74) is 21.4. The number of hydrogen-bond acceptors (Lipinski definition) is 1. The van der Waals surface area contributed by atoms with Gasteiger partial charge in [-0.25, -0.2) is 0 Å². The largest absolute Gasteiger partial charge is 0.455 e. The summed E-state index contributed by atoms with van der Waals surface area (Å²) < 4.78 is 6.83. The van der Waals surface area contributed by atoms with Crippen LogP contribution < -0.4 is 0 Å². The van der Waals surface area contributed by atoms with E-state index in [-0.39, 0.29) is 0 Å². The van der Waals surface area contributed by atoms with Crippen molar-refractivity contribution in [3.05, 3.63) is 143 Å². The molecule has 0 unspecified atom stereocenters. The maximum Gasteiger partial charge on any atom is 0.143 e. The highest BCUT2D eigenvalue weighted by Gasteiger charge is 2.23. The summed E-state index contributed by atoms with van der Waals surface area (Å²) in [6, 6.07) is 41.5. The molecule has 3 aliphatic rings. The molecule has 1 aromatic heterocycles. The summed E-state index contributed by atoms with van der Waals surface area (Å²) in [6.07, 6.45) is 10.8. The Bertz CT molecular complexity index is 2350. The third-order valence-electron chi connectivity index (χ3n) is 11.1. The van der Waals surface area contributed by atoms with Crippen LogP contribution in [0.4, 0.5) is 0 Å². The fourth-order valence-electron chi connectivity index (χ4n) is 8.81. The van der Waals surface area contributed by atoms with Crippen LogP contribution in [-0.2, 0) is 32.1 Å². The van der Waals surface area contributed by atoms with E-state index in [2.05, 4.69) is 109 Å². The third kappa shape index (κ3) is 4.07. The van der Waals surface area contributed by atoms with Crippen LogP contribution in [0.3, 0.4) is 0 Å². The van der Waals surface area contributed by atoms with Gasteiger partial charge in [-0.15, -0.1) is 0 Å². The van der Waals surface area contributed by atoms with Crippen LogP contribution in [0.25, 0.3) is 66.4 Å². The topological polar surface area (TPSA) is 13.1 Å². The molecule has 0 radical (unpaired) electrons. The summed E-state index contributed by atoms with van der Waals surface area (Å²) in [4.78, 5) is 0. The van der Waals surface area contributed by atoms with Crippen molar-refractivity contribution < 1.29 is 4.42 Å². The molecular weight excluding hydrogens is 556 g/mol. The van der Waals surface area contributed by atoms with Crippen molar-refractivity contribution in [1.82, 2.24) is 0 Å². The normalized spacial score (nSPS) is 15.0. The van der Waals surface area contributed by atoms with Crippen molar-refractivity contribution in [2.45, 2.75) is 57.8 Å². The molecule has 6 aromatic carbocycles. The lowest BCUT2D eigenvalue weighted by molar-refractivity contribution is 0.670. The van der Waals surface area contributed by atoms with E-state index in [9.17, 15) is 0 Å². The molecule has 10 rings (SSSR count). The SMILES string of the molecule is c1ccc2c(c1)Cc1ccc(-c3cc(-c4cccc5c4CCCC5)cc4c3oc3ccc(-c5cccc6c5CCCC6)cc34)cc1-2. The fraction of sp³-hybridized carbons (Fsp3) is 0.200. The summed E-state index contributed by atoms with van der Waals surface area (Å²) in [7, 11) is 0. The first kappa shape index (κ1) is 26.3. The lowest BCUT2D eigenvalue weighted by Crippen LogP contribution is -2.04. The highest BCUT2D eigenvalue weighted by atomic mass is 16.3. The first-order chi connectivity index (χ1) is 22.8. The minimum atomic E-state index is 0.962. The van der Waals surface area contributed by atoms with Crippen LogP contribution in [-0.4, -0.2) is 0 Å². The molecule has 1 nitrogen and oxygen atoms in total. The first-order valence-electron chi connectivity index (χ1n) is 17.2. The van der Waals surface area contributed by atoms with E-state index in [1.807, 2.05) is 0 Å². The molecule has 46 heavy (non-hydrogen) atoms. The number of furan rings is 1. The van der Waals surface area contributed by atoms with E-state index in [0.717, 1.165) is 24.0 Å². The van der Waals surface area contributed by atoms with Gasteiger partial charge in [0.15, 0.2) is 0 Å². The Morgan fingerprint density at radius 2 is 0.978 bits per heavy atom. The van der Waals surface area contributed by atoms with Gasteiger partial charge in [-0.1, -0.05) is 78.9 Å². The van der Waals surface area contributed by atoms with E-state index in [1.54, 1.807) is 0 Å². The van der Waals surface area contributed by atoms with Crippen LogP contribution in [0.5, 0.6) is 0 Å². The summed E-state index contributed by atoms with van der Waals surface area (Å²) in [5.74, 6) is 0. The standard InChI is InChI=1S/C45H36O/c1-4-14-35-28(9-1)12-7-17-37(35)32-21-22-44-42(25-32)43-27-34(39-18-8-13-29-10-2-5-15-36(29)39)26-41(45(43)46-44)33-20-19-31-23-30-11-3-6-16-38(30)40(31)24-33/h3,6-8,11-13,16-22,24-27H,1-2,4-5,9-10,14-15,23H2. The molecular formula is C45H36O. The van der Waals surface area contributed by atoms with Crippen LogP contribution in [0.2, 0.25) is 0 Å². The van der Waals surface area contributed by atoms with E-state index in [4.69, 9.17) is 4.42 Å². The smallest absolute Gasteiger partial charge is 0.143 e. The number of hydrogen-bond donors (Lipinski definition) is 0. The van der Waals surface area contributed by atoms with Crippen molar-refractivity contribution in [2.75, 3.05) is 0 Å². The highest BCUT2D eigenvalue weighted by molar-refractivity contribution is 6.12. The average Bonchev–Trinajstić information content (AvgIpc) is 3.68. The minimum absolute atomic E-state index is 0.962. The highest BCUT2D eigenvalue weighted by Crippen LogP contribution is 2.45. The van der Waals surface area contributed by atoms with E-state index < -0.39 is 0 Å². The number of benzene rings is 6. The summed E-state index contributed by atoms with van der Waals surface area (Å²) in [6.45, 7) is 0. The molecule has 0 N–H and O–H groups in total. The lowest BCUT2D eigenvalue weighted by atomic mass is 9.84. The van der Waals surface area contributed by atoms with Gasteiger partial charge < -0.3 is 4.42 Å². The molecule has 0 fully saturated rings. The van der Waals surface area contributed by atoms with Crippen molar-refractivity contribution in [1.29, 1.82) is 0 Å². The zero-order chi connectivity index (χ0) is 30.2. The number of rotatable bonds is 3. The Morgan fingerprint density at radius 3 is 1.78 bits per heavy atom. The average molecular weight is 593 g/mol. The van der Waals surface area contributed by atoms with Crippen LogP contribution in [0.15, 0.2) is 114 Å². The molecule has 7 aromatic rings. The second-order valence-electron chi connectivity index (χ2n) is 13.7. The molecule has 3 aliphatic carbocycles. The van der Waals surface area contributed by atoms with Gasteiger partial charge in [0.05, 0.1) is 0 Å². The second kappa shape index (κ2) is 10.3. The van der Waals surface area contributed by atoms with Gasteiger partial charge in [-0.2, -0.15) is 0 Å². The molecule has 0 bridgehead atoms. The molecule has 0 saturated heterocycles. The number of fused-ring (bicyclic) bond motifs is 8. The Labute approximate surface area is 270 Å². The third-order valence-corrected chi connectivity index (χ3v) is 11.1. The first-order valence-corrected chi connectivity index (χ1v) is 17.2. The van der Waals surface area contributed by atoms with Gasteiger partial charge >= 0.3 is 0 Å². The zero-order valence-corrected chi connectivity index (χ0v) is 26.2. The van der Waals surface area contributed by atoms with E-state index >= 15 is 0 Å². The van der Waals surface area contributed by atoms with Gasteiger partial charge in [0.1, 0.15) is 11.2 Å². The lowest BCUT2D eigenvalue weighted by Gasteiger charge is -2.20. The fourth-order valence-corrected chi connectivity index (χ4v) is 8.81. The predicted octanol–water partition coefficient (Wildman–Crippen LogP) is 11.9. The van der Waals surface area contributed by atoms with Gasteiger partial charge in [-0.3, -0.25) is 0 Å². The summed E-state index contributed by atoms with van der Waals surface area (Å²) in [5, 5.41) is 2.42. The molecule has 0 spiro atoms. The Morgan fingerprint density at radius 1 is 0.391 bits per heavy atom. The maximum absolute atomic E-state index is 6.83.